The van der Waals surface area contributed by atoms with E-state index in [-0.39, 0.29) is 17.1 Å². The number of aryl methyl sites for hydroxylation is 1. The van der Waals surface area contributed by atoms with Crippen LogP contribution in [0.1, 0.15) is 61.0 Å². The summed E-state index contributed by atoms with van der Waals surface area (Å²) in [6.45, 7) is 1.72. The molecule has 10 heteroatoms. The summed E-state index contributed by atoms with van der Waals surface area (Å²) in [5.74, 6) is -0.576. The summed E-state index contributed by atoms with van der Waals surface area (Å²) in [5.41, 5.74) is 9.41. The summed E-state index contributed by atoms with van der Waals surface area (Å²) in [7, 11) is 1.53. The third-order valence-electron chi connectivity index (χ3n) is 5.61. The summed E-state index contributed by atoms with van der Waals surface area (Å²) < 4.78 is 10.9. The van der Waals surface area contributed by atoms with Gasteiger partial charge < -0.3 is 14.3 Å². The zero-order chi connectivity index (χ0) is 24.9. The maximum absolute atomic E-state index is 12.7. The molecule has 0 aliphatic heterocycles. The minimum absolute atomic E-state index is 0.0478. The van der Waals surface area contributed by atoms with E-state index in [1.807, 2.05) is 0 Å². The molecule has 0 bridgehead atoms. The average molecular weight is 476 g/mol. The van der Waals surface area contributed by atoms with Gasteiger partial charge in [0.15, 0.2) is 5.76 Å². The Kier molecular flexibility index (Phi) is 6.81. The van der Waals surface area contributed by atoms with Gasteiger partial charge in [0.1, 0.15) is 17.3 Å². The molecule has 1 aromatic heterocycles. The minimum atomic E-state index is -0.614. The van der Waals surface area contributed by atoms with Crippen molar-refractivity contribution in [2.45, 2.75) is 26.2 Å². The van der Waals surface area contributed by atoms with Gasteiger partial charge >= 0.3 is 5.91 Å². The topological polar surface area (TPSA) is 142 Å². The number of rotatable bonds is 5. The number of phenolic OH excluding ortho intramolecular Hbond substituents is 1. The van der Waals surface area contributed by atoms with Gasteiger partial charge in [0.05, 0.1) is 18.4 Å². The Morgan fingerprint density at radius 1 is 0.971 bits per heavy atom. The van der Waals surface area contributed by atoms with Crippen LogP contribution < -0.4 is 21.0 Å². The molecule has 3 aromatic rings. The van der Waals surface area contributed by atoms with Gasteiger partial charge in [-0.05, 0) is 56.2 Å². The highest BCUT2D eigenvalue weighted by atomic mass is 16.5. The molecule has 4 N–H and O–H groups in total. The van der Waals surface area contributed by atoms with Crippen LogP contribution in [-0.4, -0.2) is 35.6 Å². The molecule has 35 heavy (non-hydrogen) atoms. The zero-order valence-electron chi connectivity index (χ0n) is 19.2. The number of fused-ring (bicyclic) bond motifs is 1. The van der Waals surface area contributed by atoms with Crippen LogP contribution in [0.15, 0.2) is 58.0 Å². The summed E-state index contributed by atoms with van der Waals surface area (Å²) in [6, 6.07) is 12.6. The number of hydrazone groups is 1. The quantitative estimate of drug-likeness (QED) is 0.417. The molecule has 0 unspecified atom stereocenters. The first kappa shape index (κ1) is 23.6. The van der Waals surface area contributed by atoms with Crippen LogP contribution >= 0.6 is 0 Å². The summed E-state index contributed by atoms with van der Waals surface area (Å²) in [6.07, 6.45) is 1.90. The molecule has 0 saturated carbocycles. The maximum atomic E-state index is 12.7. The molecule has 0 fully saturated rings. The van der Waals surface area contributed by atoms with Crippen molar-refractivity contribution in [1.82, 2.24) is 16.3 Å². The summed E-state index contributed by atoms with van der Waals surface area (Å²) in [5, 5.41) is 14.1. The van der Waals surface area contributed by atoms with E-state index >= 15 is 0 Å². The fourth-order valence-corrected chi connectivity index (χ4v) is 3.83. The van der Waals surface area contributed by atoms with Crippen LogP contribution in [0.25, 0.3) is 0 Å². The monoisotopic (exact) mass is 476 g/mol. The molecule has 0 spiro atoms. The molecular weight excluding hydrogens is 452 g/mol. The summed E-state index contributed by atoms with van der Waals surface area (Å²) in [4.78, 5) is 37.5. The Morgan fingerprint density at radius 2 is 1.69 bits per heavy atom. The van der Waals surface area contributed by atoms with Crippen molar-refractivity contribution in [1.29, 1.82) is 0 Å². The Bertz CT molecular complexity index is 1310. The molecule has 2 aromatic carbocycles. The van der Waals surface area contributed by atoms with Gasteiger partial charge in [0.2, 0.25) is 0 Å². The predicted octanol–water partition coefficient (Wildman–Crippen LogP) is 2.85. The highest BCUT2D eigenvalue weighted by Crippen LogP contribution is 2.30. The number of phenols is 1. The van der Waals surface area contributed by atoms with Gasteiger partial charge in [0.25, 0.3) is 11.8 Å². The highest BCUT2D eigenvalue weighted by Gasteiger charge is 2.28. The first-order valence-electron chi connectivity index (χ1n) is 10.9. The van der Waals surface area contributed by atoms with Crippen LogP contribution in [0.5, 0.6) is 11.5 Å². The molecule has 0 atom stereocenters. The van der Waals surface area contributed by atoms with Crippen molar-refractivity contribution in [2.75, 3.05) is 7.11 Å². The van der Waals surface area contributed by atoms with Crippen molar-refractivity contribution in [2.24, 2.45) is 5.10 Å². The van der Waals surface area contributed by atoms with E-state index < -0.39 is 17.7 Å². The molecule has 1 aliphatic rings. The molecule has 0 saturated heterocycles. The van der Waals surface area contributed by atoms with Gasteiger partial charge in [-0.25, -0.2) is 5.43 Å². The number of hydrogen-bond donors (Lipinski definition) is 4. The van der Waals surface area contributed by atoms with Gasteiger partial charge in [0, 0.05) is 23.1 Å². The number of benzene rings is 2. The van der Waals surface area contributed by atoms with E-state index in [2.05, 4.69) is 21.4 Å². The smallest absolute Gasteiger partial charge is 0.305 e. The number of amides is 3. The van der Waals surface area contributed by atoms with Crippen LogP contribution in [0.4, 0.5) is 0 Å². The fraction of sp³-hybridized carbons (Fsp3) is 0.200. The second-order valence-electron chi connectivity index (χ2n) is 7.86. The third kappa shape index (κ3) is 5.01. The van der Waals surface area contributed by atoms with Crippen molar-refractivity contribution >= 4 is 23.4 Å². The lowest BCUT2D eigenvalue weighted by molar-refractivity contribution is 0.0829. The van der Waals surface area contributed by atoms with Crippen LogP contribution in [-0.2, 0) is 6.42 Å². The van der Waals surface area contributed by atoms with E-state index in [9.17, 15) is 19.5 Å². The minimum Gasteiger partial charge on any atom is -0.507 e. The number of carbonyl (C=O) groups excluding carboxylic acids is 3. The van der Waals surface area contributed by atoms with Crippen LogP contribution in [0.2, 0.25) is 0 Å². The molecule has 180 valence electrons. The number of methoxy groups -OCH3 is 1. The van der Waals surface area contributed by atoms with Crippen molar-refractivity contribution < 1.29 is 28.6 Å². The second kappa shape index (κ2) is 10.1. The second-order valence-corrected chi connectivity index (χ2v) is 7.86. The zero-order valence-corrected chi connectivity index (χ0v) is 19.2. The third-order valence-corrected chi connectivity index (χ3v) is 5.61. The first-order chi connectivity index (χ1) is 16.9. The molecule has 1 aliphatic carbocycles. The number of furan rings is 1. The number of nitrogens with zero attached hydrogens (tertiary/aromatic N) is 1. The van der Waals surface area contributed by atoms with Crippen molar-refractivity contribution in [3.05, 3.63) is 82.3 Å². The number of ether oxygens (including phenoxy) is 1. The molecule has 1 heterocycles. The van der Waals surface area contributed by atoms with Gasteiger partial charge in [-0.15, -0.1) is 0 Å². The first-order valence-corrected chi connectivity index (χ1v) is 10.9. The van der Waals surface area contributed by atoms with Crippen LogP contribution in [0.3, 0.4) is 0 Å². The van der Waals surface area contributed by atoms with Crippen molar-refractivity contribution in [3.8, 4) is 11.5 Å². The van der Waals surface area contributed by atoms with Gasteiger partial charge in [-0.2, -0.15) is 5.10 Å². The molecular formula is C25H24N4O6. The van der Waals surface area contributed by atoms with Crippen LogP contribution in [0, 0.1) is 6.92 Å². The Balaban J connectivity index is 1.47. The number of aromatic hydroxyl groups is 1. The largest absolute Gasteiger partial charge is 0.507 e. The van der Waals surface area contributed by atoms with Crippen molar-refractivity contribution in [3.63, 3.8) is 0 Å². The molecule has 4 rings (SSSR count). The number of hydrogen-bond acceptors (Lipinski definition) is 7. The fourth-order valence-electron chi connectivity index (χ4n) is 3.83. The number of nitrogens with one attached hydrogen (secondary N) is 3. The summed E-state index contributed by atoms with van der Waals surface area (Å²) >= 11 is 0. The lowest BCUT2D eigenvalue weighted by Crippen LogP contribution is -2.41. The van der Waals surface area contributed by atoms with Gasteiger partial charge in [-0.3, -0.25) is 25.2 Å². The normalized spacial score (nSPS) is 13.6. The van der Waals surface area contributed by atoms with E-state index in [1.165, 1.54) is 19.2 Å². The van der Waals surface area contributed by atoms with Gasteiger partial charge in [-0.1, -0.05) is 12.1 Å². The standard InChI is InChI=1S/C25H24N4O6/c1-14-21-18(26-28-24(32)17-6-3-4-8-19(17)30)7-5-9-20(21)35-22(14)25(33)29-27-23(31)15-10-12-16(34-2)13-11-15/h3-4,6,8,10-13,30H,5,7,9H2,1-2H3,(H,27,31)(H,28,32)(H,29,33)/b26-18+. The maximum Gasteiger partial charge on any atom is 0.305 e. The molecule has 3 amide bonds. The predicted molar refractivity (Wildman–Crippen MR) is 126 cm³/mol. The van der Waals surface area contributed by atoms with E-state index in [4.69, 9.17) is 9.15 Å². The Hall–Kier alpha value is -4.60. The average Bonchev–Trinajstić information content (AvgIpc) is 3.23. The SMILES string of the molecule is COc1ccc(C(=O)NNC(=O)c2oc3c(c2C)/C(=N/NC(=O)c2ccccc2O)CCC3)cc1. The van der Waals surface area contributed by atoms with E-state index in [1.54, 1.807) is 43.3 Å². The highest BCUT2D eigenvalue weighted by molar-refractivity contribution is 6.07. The Morgan fingerprint density at radius 3 is 2.40 bits per heavy atom. The molecule has 0 radical (unpaired) electrons. The lowest BCUT2D eigenvalue weighted by Gasteiger charge is -2.13. The van der Waals surface area contributed by atoms with E-state index in [0.29, 0.717) is 46.8 Å². The number of hydrazine groups is 1. The number of carbonyl (C=O) groups is 3. The lowest BCUT2D eigenvalue weighted by atomic mass is 9.93. The number of para-hydroxylation sites is 1. The Labute approximate surface area is 200 Å². The molecule has 10 nitrogen and oxygen atoms in total. The van der Waals surface area contributed by atoms with E-state index in [0.717, 1.165) is 6.42 Å².